The van der Waals surface area contributed by atoms with Crippen LogP contribution in [0.1, 0.15) is 0 Å². The first-order valence-electron chi connectivity index (χ1n) is 14.0. The van der Waals surface area contributed by atoms with Gasteiger partial charge in [-0.25, -0.2) is 9.97 Å². The summed E-state index contributed by atoms with van der Waals surface area (Å²) in [5, 5.41) is 7.27. The number of para-hydroxylation sites is 3. The lowest BCUT2D eigenvalue weighted by atomic mass is 10.0. The van der Waals surface area contributed by atoms with Gasteiger partial charge < -0.3 is 9.13 Å². The van der Waals surface area contributed by atoms with Gasteiger partial charge in [0.2, 0.25) is 0 Å². The summed E-state index contributed by atoms with van der Waals surface area (Å²) in [5.74, 6) is 0.660. The van der Waals surface area contributed by atoms with E-state index in [1.165, 1.54) is 43.4 Å². The lowest BCUT2D eigenvalue weighted by Crippen LogP contribution is -1.98. The zero-order chi connectivity index (χ0) is 27.6. The molecule has 0 radical (unpaired) electrons. The van der Waals surface area contributed by atoms with Crippen LogP contribution in [0.25, 0.3) is 77.1 Å². The van der Waals surface area contributed by atoms with E-state index in [1.807, 2.05) is 24.5 Å². The van der Waals surface area contributed by atoms with Gasteiger partial charge in [0.25, 0.3) is 0 Å². The number of hydrogen-bond donors (Lipinski definition) is 0. The zero-order valence-electron chi connectivity index (χ0n) is 22.5. The van der Waals surface area contributed by atoms with Crippen molar-refractivity contribution in [3.8, 4) is 22.8 Å². The Bertz CT molecular complexity index is 2440. The quantitative estimate of drug-likeness (QED) is 0.226. The Kier molecular flexibility index (Phi) is 4.83. The second-order valence-electron chi connectivity index (χ2n) is 10.6. The molecule has 0 saturated carbocycles. The van der Waals surface area contributed by atoms with Crippen LogP contribution in [-0.4, -0.2) is 24.1 Å². The van der Waals surface area contributed by atoms with Crippen molar-refractivity contribution < 1.29 is 0 Å². The highest BCUT2D eigenvalue weighted by atomic mass is 15.0. The second-order valence-corrected chi connectivity index (χ2v) is 10.6. The van der Waals surface area contributed by atoms with Gasteiger partial charge in [0.1, 0.15) is 0 Å². The minimum Gasteiger partial charge on any atom is -0.309 e. The van der Waals surface area contributed by atoms with Gasteiger partial charge in [-0.3, -0.25) is 4.98 Å². The molecule has 5 heteroatoms. The lowest BCUT2D eigenvalue weighted by Gasteiger charge is -2.11. The molecule has 5 nitrogen and oxygen atoms in total. The fourth-order valence-corrected chi connectivity index (χ4v) is 6.45. The summed E-state index contributed by atoms with van der Waals surface area (Å²) in [6.07, 6.45) is 7.38. The normalized spacial score (nSPS) is 11.8. The van der Waals surface area contributed by atoms with E-state index in [9.17, 15) is 0 Å². The minimum absolute atomic E-state index is 0.660. The lowest BCUT2D eigenvalue weighted by molar-refractivity contribution is 1.08. The van der Waals surface area contributed by atoms with Crippen molar-refractivity contribution in [2.45, 2.75) is 0 Å². The molecule has 5 aromatic carbocycles. The monoisotopic (exact) mass is 537 g/mol. The molecule has 0 spiro atoms. The summed E-state index contributed by atoms with van der Waals surface area (Å²) < 4.78 is 4.68. The van der Waals surface area contributed by atoms with E-state index in [0.29, 0.717) is 5.82 Å². The van der Waals surface area contributed by atoms with Gasteiger partial charge in [-0.05, 0) is 53.9 Å². The van der Waals surface area contributed by atoms with Crippen LogP contribution >= 0.6 is 0 Å². The maximum Gasteiger partial charge on any atom is 0.160 e. The third-order valence-electron chi connectivity index (χ3n) is 8.27. The molecule has 4 heterocycles. The molecule has 4 aromatic heterocycles. The summed E-state index contributed by atoms with van der Waals surface area (Å²) in [4.78, 5) is 13.7. The number of rotatable bonds is 3. The van der Waals surface area contributed by atoms with Crippen LogP contribution in [0, 0.1) is 0 Å². The molecule has 0 N–H and O–H groups in total. The molecule has 0 aliphatic carbocycles. The van der Waals surface area contributed by atoms with E-state index in [2.05, 4.69) is 117 Å². The highest BCUT2D eigenvalue weighted by Gasteiger charge is 2.18. The maximum absolute atomic E-state index is 4.75. The van der Waals surface area contributed by atoms with E-state index >= 15 is 0 Å². The minimum atomic E-state index is 0.660. The molecule has 42 heavy (non-hydrogen) atoms. The maximum atomic E-state index is 4.75. The van der Waals surface area contributed by atoms with Crippen molar-refractivity contribution in [1.82, 2.24) is 24.1 Å². The molecule has 0 saturated heterocycles. The van der Waals surface area contributed by atoms with Crippen LogP contribution in [0.4, 0.5) is 0 Å². The predicted octanol–water partition coefficient (Wildman–Crippen LogP) is 8.89. The number of fused-ring (bicyclic) bond motifs is 8. The van der Waals surface area contributed by atoms with Crippen molar-refractivity contribution in [2.24, 2.45) is 0 Å². The van der Waals surface area contributed by atoms with Gasteiger partial charge in [0, 0.05) is 50.6 Å². The van der Waals surface area contributed by atoms with Gasteiger partial charge in [0.05, 0.1) is 40.1 Å². The van der Waals surface area contributed by atoms with Crippen LogP contribution in [-0.2, 0) is 0 Å². The van der Waals surface area contributed by atoms with Crippen LogP contribution in [0.15, 0.2) is 140 Å². The Morgan fingerprint density at radius 2 is 1.17 bits per heavy atom. The fraction of sp³-hybridized carbons (Fsp3) is 0. The molecular formula is C37H23N5. The fourth-order valence-electron chi connectivity index (χ4n) is 6.45. The van der Waals surface area contributed by atoms with E-state index in [-0.39, 0.29) is 0 Å². The molecular weight excluding hydrogens is 514 g/mol. The topological polar surface area (TPSA) is 48.5 Å². The van der Waals surface area contributed by atoms with Gasteiger partial charge in [-0.1, -0.05) is 66.7 Å². The molecule has 0 bridgehead atoms. The summed E-state index contributed by atoms with van der Waals surface area (Å²) in [6, 6.07) is 41.0. The SMILES string of the molecule is c1ccc(-n2c3ccccc3c3cc4c(ccc5c6ccccc6n(-c6cnc(-c7cccnc7)nc6)c45)cc32)cc1. The van der Waals surface area contributed by atoms with Crippen LogP contribution in [0.3, 0.4) is 0 Å². The second kappa shape index (κ2) is 8.85. The number of aromatic nitrogens is 5. The van der Waals surface area contributed by atoms with Gasteiger partial charge in [-0.2, -0.15) is 0 Å². The van der Waals surface area contributed by atoms with Crippen LogP contribution in [0.2, 0.25) is 0 Å². The standard InChI is InChI=1S/C37H23N5/c1-2-10-26(11-3-1)41-33-14-6-5-13-29(33)32-20-31-24(19-35(32)41)16-17-30-28-12-4-7-15-34(28)42(36(30)31)27-22-39-37(40-23-27)25-9-8-18-38-21-25/h1-23H. The van der Waals surface area contributed by atoms with Gasteiger partial charge in [0.15, 0.2) is 5.82 Å². The molecule has 0 aliphatic rings. The van der Waals surface area contributed by atoms with Crippen molar-refractivity contribution >= 4 is 54.4 Å². The van der Waals surface area contributed by atoms with E-state index < -0.39 is 0 Å². The first-order chi connectivity index (χ1) is 20.8. The predicted molar refractivity (Wildman–Crippen MR) is 171 cm³/mol. The smallest absolute Gasteiger partial charge is 0.160 e. The van der Waals surface area contributed by atoms with Crippen LogP contribution in [0.5, 0.6) is 0 Å². The third-order valence-corrected chi connectivity index (χ3v) is 8.27. The molecule has 0 unspecified atom stereocenters. The average Bonchev–Trinajstić information content (AvgIpc) is 3.57. The molecule has 9 aromatic rings. The van der Waals surface area contributed by atoms with Crippen molar-refractivity contribution in [3.63, 3.8) is 0 Å². The van der Waals surface area contributed by atoms with Crippen LogP contribution < -0.4 is 0 Å². The number of hydrogen-bond acceptors (Lipinski definition) is 3. The van der Waals surface area contributed by atoms with Gasteiger partial charge >= 0.3 is 0 Å². The average molecular weight is 538 g/mol. The molecule has 196 valence electrons. The largest absolute Gasteiger partial charge is 0.309 e. The summed E-state index contributed by atoms with van der Waals surface area (Å²) >= 11 is 0. The Morgan fingerprint density at radius 3 is 1.93 bits per heavy atom. The van der Waals surface area contributed by atoms with Crippen molar-refractivity contribution in [2.75, 3.05) is 0 Å². The molecule has 0 amide bonds. The highest BCUT2D eigenvalue weighted by Crippen LogP contribution is 2.40. The summed E-state index contributed by atoms with van der Waals surface area (Å²) in [6.45, 7) is 0. The number of benzene rings is 5. The van der Waals surface area contributed by atoms with Gasteiger partial charge in [-0.15, -0.1) is 0 Å². The molecule has 9 rings (SSSR count). The summed E-state index contributed by atoms with van der Waals surface area (Å²) in [5.41, 5.74) is 7.66. The first-order valence-corrected chi connectivity index (χ1v) is 14.0. The molecule has 0 aliphatic heterocycles. The van der Waals surface area contributed by atoms with E-state index in [1.54, 1.807) is 12.4 Å². The van der Waals surface area contributed by atoms with Crippen molar-refractivity contribution in [3.05, 3.63) is 140 Å². The highest BCUT2D eigenvalue weighted by molar-refractivity contribution is 6.22. The Labute approximate surface area is 241 Å². The van der Waals surface area contributed by atoms with Crippen molar-refractivity contribution in [1.29, 1.82) is 0 Å². The Hall–Kier alpha value is -5.81. The van der Waals surface area contributed by atoms with E-state index in [4.69, 9.17) is 9.97 Å². The Balaban J connectivity index is 1.38. The first kappa shape index (κ1) is 22.9. The zero-order valence-corrected chi connectivity index (χ0v) is 22.5. The third kappa shape index (κ3) is 3.28. The van der Waals surface area contributed by atoms with E-state index in [0.717, 1.165) is 28.0 Å². The molecule has 0 fully saturated rings. The molecule has 0 atom stereocenters. The Morgan fingerprint density at radius 1 is 0.452 bits per heavy atom. The summed E-state index contributed by atoms with van der Waals surface area (Å²) in [7, 11) is 0. The number of pyridine rings is 1. The number of nitrogens with zero attached hydrogens (tertiary/aromatic N) is 5.